The standard InChI is InChI=1S/C20H21ClN2O3/c1-14-12-23(17-7-5-16(21)6-8-17)20(25)13-22(14)19(24)11-15-3-9-18(26-2)10-4-15/h3-10,14H,11-13H2,1-2H3/t14-/m0/s1. The van der Waals surface area contributed by atoms with Gasteiger partial charge in [-0.15, -0.1) is 0 Å². The van der Waals surface area contributed by atoms with Gasteiger partial charge >= 0.3 is 0 Å². The molecule has 0 spiro atoms. The van der Waals surface area contributed by atoms with Gasteiger partial charge in [-0.05, 0) is 48.9 Å². The number of rotatable bonds is 4. The summed E-state index contributed by atoms with van der Waals surface area (Å²) in [5.41, 5.74) is 1.70. The van der Waals surface area contributed by atoms with Crippen LogP contribution in [0.25, 0.3) is 0 Å². The SMILES string of the molecule is COc1ccc(CC(=O)N2CC(=O)N(c3ccc(Cl)cc3)C[C@@H]2C)cc1. The van der Waals surface area contributed by atoms with Crippen molar-refractivity contribution < 1.29 is 14.3 Å². The molecule has 1 aliphatic heterocycles. The summed E-state index contributed by atoms with van der Waals surface area (Å²) in [6.07, 6.45) is 0.266. The van der Waals surface area contributed by atoms with Crippen LogP contribution in [0.15, 0.2) is 48.5 Å². The second-order valence-electron chi connectivity index (χ2n) is 6.38. The molecule has 2 aromatic rings. The van der Waals surface area contributed by atoms with Crippen molar-refractivity contribution in [3.8, 4) is 5.75 Å². The van der Waals surface area contributed by atoms with Gasteiger partial charge in [0.05, 0.1) is 13.5 Å². The number of carbonyl (C=O) groups excluding carboxylic acids is 2. The summed E-state index contributed by atoms with van der Waals surface area (Å²) in [5, 5.41) is 0.627. The lowest BCUT2D eigenvalue weighted by Crippen LogP contribution is -2.57. The van der Waals surface area contributed by atoms with E-state index in [1.807, 2.05) is 43.3 Å². The molecule has 1 atom stereocenters. The van der Waals surface area contributed by atoms with E-state index in [4.69, 9.17) is 16.3 Å². The normalized spacial score (nSPS) is 17.3. The van der Waals surface area contributed by atoms with Crippen molar-refractivity contribution in [3.63, 3.8) is 0 Å². The van der Waals surface area contributed by atoms with Gasteiger partial charge in [-0.25, -0.2) is 0 Å². The van der Waals surface area contributed by atoms with Crippen LogP contribution in [-0.2, 0) is 16.0 Å². The summed E-state index contributed by atoms with van der Waals surface area (Å²) in [5.74, 6) is 0.613. The molecule has 0 bridgehead atoms. The molecular weight excluding hydrogens is 352 g/mol. The Morgan fingerprint density at radius 2 is 1.81 bits per heavy atom. The fourth-order valence-corrected chi connectivity index (χ4v) is 3.20. The minimum atomic E-state index is -0.0893. The molecule has 6 heteroatoms. The number of piperazine rings is 1. The molecule has 2 amide bonds. The third-order valence-corrected chi connectivity index (χ3v) is 4.81. The van der Waals surface area contributed by atoms with Crippen LogP contribution in [0.3, 0.4) is 0 Å². The minimum absolute atomic E-state index is 0.0493. The van der Waals surface area contributed by atoms with Crippen molar-refractivity contribution in [2.45, 2.75) is 19.4 Å². The number of amides is 2. The summed E-state index contributed by atoms with van der Waals surface area (Å²) in [7, 11) is 1.60. The molecule has 2 aromatic carbocycles. The van der Waals surface area contributed by atoms with Crippen molar-refractivity contribution in [1.82, 2.24) is 4.90 Å². The predicted molar refractivity (Wildman–Crippen MR) is 102 cm³/mol. The highest BCUT2D eigenvalue weighted by atomic mass is 35.5. The zero-order chi connectivity index (χ0) is 18.7. The maximum Gasteiger partial charge on any atom is 0.246 e. The molecule has 0 aromatic heterocycles. The molecule has 0 radical (unpaired) electrons. The maximum atomic E-state index is 12.7. The third kappa shape index (κ3) is 3.99. The van der Waals surface area contributed by atoms with E-state index < -0.39 is 0 Å². The van der Waals surface area contributed by atoms with Gasteiger partial charge in [0.15, 0.2) is 0 Å². The van der Waals surface area contributed by atoms with E-state index in [-0.39, 0.29) is 30.8 Å². The number of hydrogen-bond acceptors (Lipinski definition) is 3. The number of anilines is 1. The molecule has 0 N–H and O–H groups in total. The van der Waals surface area contributed by atoms with Crippen LogP contribution in [0.1, 0.15) is 12.5 Å². The summed E-state index contributed by atoms with van der Waals surface area (Å²) in [4.78, 5) is 28.6. The van der Waals surface area contributed by atoms with E-state index in [9.17, 15) is 9.59 Å². The molecule has 0 saturated carbocycles. The Labute approximate surface area is 158 Å². The fourth-order valence-electron chi connectivity index (χ4n) is 3.08. The highest BCUT2D eigenvalue weighted by molar-refractivity contribution is 6.30. The maximum absolute atomic E-state index is 12.7. The van der Waals surface area contributed by atoms with Crippen LogP contribution in [0.2, 0.25) is 5.02 Å². The van der Waals surface area contributed by atoms with Gasteiger partial charge in [0, 0.05) is 23.3 Å². The van der Waals surface area contributed by atoms with Gasteiger partial charge in [-0.2, -0.15) is 0 Å². The first kappa shape index (κ1) is 18.3. The summed E-state index contributed by atoms with van der Waals surface area (Å²) >= 11 is 5.91. The van der Waals surface area contributed by atoms with E-state index in [1.165, 1.54) is 0 Å². The molecule has 1 fully saturated rings. The topological polar surface area (TPSA) is 49.9 Å². The first-order valence-corrected chi connectivity index (χ1v) is 8.84. The van der Waals surface area contributed by atoms with Crippen molar-refractivity contribution in [2.75, 3.05) is 25.1 Å². The molecule has 0 aliphatic carbocycles. The zero-order valence-electron chi connectivity index (χ0n) is 14.8. The van der Waals surface area contributed by atoms with Crippen LogP contribution >= 0.6 is 11.6 Å². The van der Waals surface area contributed by atoms with Crippen molar-refractivity contribution in [2.24, 2.45) is 0 Å². The molecular formula is C20H21ClN2O3. The smallest absolute Gasteiger partial charge is 0.246 e. The summed E-state index contributed by atoms with van der Waals surface area (Å²) in [6.45, 7) is 2.51. The second-order valence-corrected chi connectivity index (χ2v) is 6.81. The minimum Gasteiger partial charge on any atom is -0.497 e. The number of methoxy groups -OCH3 is 1. The van der Waals surface area contributed by atoms with E-state index in [1.54, 1.807) is 29.0 Å². The van der Waals surface area contributed by atoms with Crippen LogP contribution in [0, 0.1) is 0 Å². The monoisotopic (exact) mass is 372 g/mol. The third-order valence-electron chi connectivity index (χ3n) is 4.56. The Morgan fingerprint density at radius 3 is 2.42 bits per heavy atom. The fraction of sp³-hybridized carbons (Fsp3) is 0.300. The van der Waals surface area contributed by atoms with Crippen LogP contribution < -0.4 is 9.64 Å². The van der Waals surface area contributed by atoms with Crippen molar-refractivity contribution in [1.29, 1.82) is 0 Å². The highest BCUT2D eigenvalue weighted by Gasteiger charge is 2.33. The Balaban J connectivity index is 1.67. The molecule has 1 saturated heterocycles. The van der Waals surface area contributed by atoms with Crippen LogP contribution in [-0.4, -0.2) is 43.0 Å². The van der Waals surface area contributed by atoms with E-state index in [0.717, 1.165) is 17.0 Å². The Bertz CT molecular complexity index is 790. The lowest BCUT2D eigenvalue weighted by Gasteiger charge is -2.39. The van der Waals surface area contributed by atoms with E-state index in [0.29, 0.717) is 11.6 Å². The first-order chi connectivity index (χ1) is 12.5. The molecule has 1 aliphatic rings. The first-order valence-electron chi connectivity index (χ1n) is 8.46. The average molecular weight is 373 g/mol. The molecule has 0 unspecified atom stereocenters. The van der Waals surface area contributed by atoms with Crippen molar-refractivity contribution >= 4 is 29.1 Å². The molecule has 1 heterocycles. The van der Waals surface area contributed by atoms with Crippen LogP contribution in [0.4, 0.5) is 5.69 Å². The highest BCUT2D eigenvalue weighted by Crippen LogP contribution is 2.23. The van der Waals surface area contributed by atoms with E-state index in [2.05, 4.69) is 0 Å². The average Bonchev–Trinajstić information content (AvgIpc) is 2.64. The number of nitrogens with zero attached hydrogens (tertiary/aromatic N) is 2. The Hall–Kier alpha value is -2.53. The summed E-state index contributed by atoms with van der Waals surface area (Å²) < 4.78 is 5.13. The van der Waals surface area contributed by atoms with Crippen LogP contribution in [0.5, 0.6) is 5.75 Å². The van der Waals surface area contributed by atoms with Gasteiger partial charge in [-0.1, -0.05) is 23.7 Å². The number of carbonyl (C=O) groups is 2. The zero-order valence-corrected chi connectivity index (χ0v) is 15.6. The van der Waals surface area contributed by atoms with Gasteiger partial charge in [0.2, 0.25) is 11.8 Å². The Morgan fingerprint density at radius 1 is 1.15 bits per heavy atom. The number of hydrogen-bond donors (Lipinski definition) is 0. The Kier molecular flexibility index (Phi) is 5.47. The second kappa shape index (κ2) is 7.79. The molecule has 136 valence electrons. The van der Waals surface area contributed by atoms with Gasteiger partial charge < -0.3 is 14.5 Å². The van der Waals surface area contributed by atoms with Gasteiger partial charge in [0.25, 0.3) is 0 Å². The number of benzene rings is 2. The number of halogens is 1. The lowest BCUT2D eigenvalue weighted by molar-refractivity contribution is -0.138. The quantitative estimate of drug-likeness (QED) is 0.828. The van der Waals surface area contributed by atoms with Gasteiger partial charge in [-0.3, -0.25) is 9.59 Å². The molecule has 5 nitrogen and oxygen atoms in total. The number of ether oxygens (including phenoxy) is 1. The van der Waals surface area contributed by atoms with Crippen molar-refractivity contribution in [3.05, 3.63) is 59.1 Å². The largest absolute Gasteiger partial charge is 0.497 e. The van der Waals surface area contributed by atoms with E-state index >= 15 is 0 Å². The molecule has 26 heavy (non-hydrogen) atoms. The predicted octanol–water partition coefficient (Wildman–Crippen LogP) is 3.16. The lowest BCUT2D eigenvalue weighted by atomic mass is 10.1. The summed E-state index contributed by atoms with van der Waals surface area (Å²) in [6, 6.07) is 14.5. The van der Waals surface area contributed by atoms with Gasteiger partial charge in [0.1, 0.15) is 12.3 Å². The molecule has 3 rings (SSSR count).